The molecule has 0 aliphatic carbocycles. The molecule has 0 saturated carbocycles. The lowest BCUT2D eigenvalue weighted by Gasteiger charge is -2.44. The maximum absolute atomic E-state index is 11.9. The molecule has 0 aromatic heterocycles. The summed E-state index contributed by atoms with van der Waals surface area (Å²) in [6.07, 6.45) is 0.668. The van der Waals surface area contributed by atoms with Crippen molar-refractivity contribution in [2.45, 2.75) is 59.3 Å². The molecule has 0 aromatic rings. The second-order valence-corrected chi connectivity index (χ2v) is 8.62. The maximum atomic E-state index is 11.9. The Balaban J connectivity index is 1.92. The third-order valence-corrected chi connectivity index (χ3v) is 5.01. The second-order valence-electron chi connectivity index (χ2n) is 8.62. The summed E-state index contributed by atoms with van der Waals surface area (Å²) in [5.41, 5.74) is 6.10. The van der Waals surface area contributed by atoms with Crippen molar-refractivity contribution in [3.63, 3.8) is 0 Å². The molecule has 26 heavy (non-hydrogen) atoms. The number of aliphatic hydroxyl groups excluding tert-OH is 1. The number of aliphatic imine (C=N–C) groups is 1. The van der Waals surface area contributed by atoms with Crippen molar-refractivity contribution in [1.29, 1.82) is 0 Å². The Morgan fingerprint density at radius 2 is 2.00 bits per heavy atom. The molecule has 2 aliphatic rings. The summed E-state index contributed by atoms with van der Waals surface area (Å²) in [4.78, 5) is 20.2. The number of aliphatic hydroxyl groups is 1. The first-order valence-corrected chi connectivity index (χ1v) is 9.09. The Morgan fingerprint density at radius 3 is 2.54 bits per heavy atom. The topological polar surface area (TPSA) is 103 Å². The number of hydrogen-bond acceptors (Lipinski definition) is 7. The van der Waals surface area contributed by atoms with E-state index in [9.17, 15) is 9.90 Å². The van der Waals surface area contributed by atoms with Crippen LogP contribution in [-0.4, -0.2) is 65.5 Å². The van der Waals surface area contributed by atoms with E-state index < -0.39 is 11.8 Å². The Kier molecular flexibility index (Phi) is 5.75. The Hall–Kier alpha value is -1.96. The number of carbonyl (C=O) groups excluding carboxylic acids is 1. The minimum atomic E-state index is -0.746. The van der Waals surface area contributed by atoms with Crippen LogP contribution in [0.4, 0.5) is 4.79 Å². The van der Waals surface area contributed by atoms with E-state index in [-0.39, 0.29) is 11.5 Å². The highest BCUT2D eigenvalue weighted by atomic mass is 16.6. The molecule has 1 saturated heterocycles. The van der Waals surface area contributed by atoms with Gasteiger partial charge in [0.25, 0.3) is 0 Å². The van der Waals surface area contributed by atoms with E-state index in [2.05, 4.69) is 22.1 Å². The van der Waals surface area contributed by atoms with E-state index in [1.54, 1.807) is 11.8 Å². The summed E-state index contributed by atoms with van der Waals surface area (Å²) in [5.74, 6) is 1.08. The molecule has 0 spiro atoms. The SMILES string of the molecule is CC1=C(N)N=C(N2CCC(C)(CNC(=O)OC(C)(C)C)CC2)N(C)C1O. The molecule has 1 amide bonds. The molecule has 8 nitrogen and oxygen atoms in total. The van der Waals surface area contributed by atoms with Crippen molar-refractivity contribution in [1.82, 2.24) is 15.1 Å². The monoisotopic (exact) mass is 367 g/mol. The Bertz CT molecular complexity index is 600. The van der Waals surface area contributed by atoms with Crippen LogP contribution in [0.1, 0.15) is 47.5 Å². The van der Waals surface area contributed by atoms with Crippen LogP contribution in [0.5, 0.6) is 0 Å². The molecule has 4 N–H and O–H groups in total. The van der Waals surface area contributed by atoms with Gasteiger partial charge in [-0.1, -0.05) is 6.92 Å². The van der Waals surface area contributed by atoms with E-state index >= 15 is 0 Å². The molecule has 0 radical (unpaired) electrons. The predicted molar refractivity (Wildman–Crippen MR) is 101 cm³/mol. The fourth-order valence-corrected chi connectivity index (χ4v) is 3.12. The summed E-state index contributed by atoms with van der Waals surface area (Å²) in [6.45, 7) is 11.7. The van der Waals surface area contributed by atoms with Gasteiger partial charge in [0.2, 0.25) is 5.96 Å². The lowest BCUT2D eigenvalue weighted by atomic mass is 9.80. The molecular weight excluding hydrogens is 334 g/mol. The summed E-state index contributed by atoms with van der Waals surface area (Å²) in [5, 5.41) is 13.2. The van der Waals surface area contributed by atoms with Crippen molar-refractivity contribution in [2.24, 2.45) is 16.1 Å². The van der Waals surface area contributed by atoms with Crippen molar-refractivity contribution in [2.75, 3.05) is 26.7 Å². The van der Waals surface area contributed by atoms with Crippen molar-refractivity contribution in [3.8, 4) is 0 Å². The van der Waals surface area contributed by atoms with E-state index in [0.717, 1.165) is 25.9 Å². The molecule has 2 aliphatic heterocycles. The zero-order valence-corrected chi connectivity index (χ0v) is 16.8. The number of piperidine rings is 1. The number of rotatable bonds is 2. The lowest BCUT2D eigenvalue weighted by Crippen LogP contribution is -2.54. The van der Waals surface area contributed by atoms with Gasteiger partial charge in [-0.3, -0.25) is 0 Å². The number of carbonyl (C=O) groups is 1. The van der Waals surface area contributed by atoms with Gasteiger partial charge >= 0.3 is 6.09 Å². The van der Waals surface area contributed by atoms with E-state index in [0.29, 0.717) is 23.9 Å². The fourth-order valence-electron chi connectivity index (χ4n) is 3.12. The zero-order valence-electron chi connectivity index (χ0n) is 16.8. The minimum Gasteiger partial charge on any atom is -0.444 e. The second kappa shape index (κ2) is 7.34. The molecular formula is C18H33N5O3. The van der Waals surface area contributed by atoms with Crippen molar-refractivity contribution in [3.05, 3.63) is 11.4 Å². The number of nitrogens with two attached hydrogens (primary N) is 1. The van der Waals surface area contributed by atoms with E-state index in [1.165, 1.54) is 0 Å². The summed E-state index contributed by atoms with van der Waals surface area (Å²) >= 11 is 0. The highest BCUT2D eigenvalue weighted by molar-refractivity contribution is 5.82. The number of likely N-dealkylation sites (N-methyl/N-ethyl adjacent to an activating group) is 1. The molecule has 148 valence electrons. The first-order chi connectivity index (χ1) is 11.9. The molecule has 2 heterocycles. The molecule has 0 bridgehead atoms. The molecule has 1 atom stereocenters. The van der Waals surface area contributed by atoms with E-state index in [1.807, 2.05) is 27.8 Å². The van der Waals surface area contributed by atoms with Gasteiger partial charge in [0.1, 0.15) is 11.4 Å². The number of likely N-dealkylation sites (tertiary alicyclic amines) is 1. The van der Waals surface area contributed by atoms with Crippen molar-refractivity contribution >= 4 is 12.1 Å². The highest BCUT2D eigenvalue weighted by Crippen LogP contribution is 2.31. The zero-order chi connectivity index (χ0) is 19.7. The van der Waals surface area contributed by atoms with E-state index in [4.69, 9.17) is 10.5 Å². The van der Waals surface area contributed by atoms with Crippen LogP contribution in [0, 0.1) is 5.41 Å². The number of nitrogens with one attached hydrogen (secondary N) is 1. The van der Waals surface area contributed by atoms with Gasteiger partial charge < -0.3 is 30.7 Å². The third-order valence-electron chi connectivity index (χ3n) is 5.01. The van der Waals surface area contributed by atoms with Crippen LogP contribution in [0.15, 0.2) is 16.4 Å². The molecule has 1 unspecified atom stereocenters. The smallest absolute Gasteiger partial charge is 0.407 e. The Morgan fingerprint density at radius 1 is 1.42 bits per heavy atom. The number of guanidine groups is 1. The van der Waals surface area contributed by atoms with Gasteiger partial charge in [0.15, 0.2) is 6.23 Å². The first kappa shape index (κ1) is 20.4. The average Bonchev–Trinajstić information content (AvgIpc) is 2.54. The number of hydrogen-bond donors (Lipinski definition) is 3. The summed E-state index contributed by atoms with van der Waals surface area (Å²) in [6, 6.07) is 0. The quantitative estimate of drug-likeness (QED) is 0.682. The molecule has 0 aromatic carbocycles. The summed E-state index contributed by atoms with van der Waals surface area (Å²) < 4.78 is 5.30. The molecule has 8 heteroatoms. The maximum Gasteiger partial charge on any atom is 0.407 e. The summed E-state index contributed by atoms with van der Waals surface area (Å²) in [7, 11) is 1.82. The molecule has 1 fully saturated rings. The number of amides is 1. The van der Waals surface area contributed by atoms with Crippen LogP contribution < -0.4 is 11.1 Å². The van der Waals surface area contributed by atoms with Crippen LogP contribution in [0.25, 0.3) is 0 Å². The van der Waals surface area contributed by atoms with Gasteiger partial charge in [-0.05, 0) is 46.0 Å². The van der Waals surface area contributed by atoms with Gasteiger partial charge in [-0.25, -0.2) is 4.79 Å². The minimum absolute atomic E-state index is 0.00286. The van der Waals surface area contributed by atoms with Gasteiger partial charge in [-0.15, -0.1) is 0 Å². The lowest BCUT2D eigenvalue weighted by molar-refractivity contribution is 0.0471. The fraction of sp³-hybridized carbons (Fsp3) is 0.778. The Labute approximate surface area is 156 Å². The number of nitrogens with zero attached hydrogens (tertiary/aromatic N) is 3. The van der Waals surface area contributed by atoms with Crippen LogP contribution in [0.2, 0.25) is 0 Å². The molecule has 2 rings (SSSR count). The average molecular weight is 367 g/mol. The predicted octanol–water partition coefficient (Wildman–Crippen LogP) is 1.42. The van der Waals surface area contributed by atoms with Crippen LogP contribution in [0.3, 0.4) is 0 Å². The normalized spacial score (nSPS) is 23.7. The van der Waals surface area contributed by atoms with Crippen LogP contribution in [-0.2, 0) is 4.74 Å². The number of ether oxygens (including phenoxy) is 1. The van der Waals surface area contributed by atoms with Gasteiger partial charge in [0.05, 0.1) is 0 Å². The van der Waals surface area contributed by atoms with Crippen LogP contribution >= 0.6 is 0 Å². The van der Waals surface area contributed by atoms with Crippen molar-refractivity contribution < 1.29 is 14.6 Å². The number of alkyl carbamates (subject to hydrolysis) is 1. The highest BCUT2D eigenvalue weighted by Gasteiger charge is 2.35. The van der Waals surface area contributed by atoms with Gasteiger partial charge in [0, 0.05) is 32.3 Å². The van der Waals surface area contributed by atoms with Gasteiger partial charge in [-0.2, -0.15) is 4.99 Å². The standard InChI is InChI=1S/C18H33N5O3/c1-12-13(19)21-15(22(6)14(12)24)23-9-7-18(5,8-10-23)11-20-16(25)26-17(2,3)4/h14,24H,7-11,19H2,1-6H3,(H,20,25). The largest absolute Gasteiger partial charge is 0.444 e. The third kappa shape index (κ3) is 4.81. The first-order valence-electron chi connectivity index (χ1n) is 9.09.